The molecule has 22 heavy (non-hydrogen) atoms. The Morgan fingerprint density at radius 2 is 1.82 bits per heavy atom. The van der Waals surface area contributed by atoms with Crippen molar-refractivity contribution in [3.8, 4) is 0 Å². The molecule has 0 aliphatic heterocycles. The summed E-state index contributed by atoms with van der Waals surface area (Å²) in [6.45, 7) is 5.30. The molecule has 0 aromatic carbocycles. The largest absolute Gasteiger partial charge is 0.456 e. The minimum Gasteiger partial charge on any atom is -0.456 e. The van der Waals surface area contributed by atoms with E-state index in [1.807, 2.05) is 0 Å². The van der Waals surface area contributed by atoms with Crippen LogP contribution in [0.1, 0.15) is 45.4 Å². The van der Waals surface area contributed by atoms with Crippen LogP contribution in [0.5, 0.6) is 0 Å². The molecule has 4 saturated carbocycles. The van der Waals surface area contributed by atoms with Gasteiger partial charge in [-0.15, -0.1) is 0 Å². The zero-order chi connectivity index (χ0) is 16.0. The molecule has 0 amide bonds. The van der Waals surface area contributed by atoms with Crippen molar-refractivity contribution in [1.29, 1.82) is 0 Å². The molecule has 0 saturated heterocycles. The molecule has 4 bridgehead atoms. The average Bonchev–Trinajstić information content (AvgIpc) is 2.42. The van der Waals surface area contributed by atoms with Crippen LogP contribution in [0.3, 0.4) is 0 Å². The summed E-state index contributed by atoms with van der Waals surface area (Å²) in [6, 6.07) is 0. The molecule has 0 aromatic heterocycles. The topological polar surface area (TPSA) is 61.8 Å². The summed E-state index contributed by atoms with van der Waals surface area (Å²) in [7, 11) is 1.50. The van der Waals surface area contributed by atoms with Gasteiger partial charge in [0, 0.05) is 19.1 Å². The Kier molecular flexibility index (Phi) is 3.79. The van der Waals surface area contributed by atoms with E-state index in [9.17, 15) is 9.59 Å². The van der Waals surface area contributed by atoms with Gasteiger partial charge in [0.2, 0.25) is 0 Å². The summed E-state index contributed by atoms with van der Waals surface area (Å²) in [6.07, 6.45) is 5.13. The SMILES string of the molecule is C=C(C)C(=O)OC12CC3CC(C1)CC(C(=O)OCOC)(C3)C2. The lowest BCUT2D eigenvalue weighted by atomic mass is 9.48. The lowest BCUT2D eigenvalue weighted by Crippen LogP contribution is -2.60. The van der Waals surface area contributed by atoms with E-state index in [2.05, 4.69) is 6.58 Å². The minimum atomic E-state index is -0.508. The molecule has 0 heterocycles. The maximum atomic E-state index is 12.6. The van der Waals surface area contributed by atoms with E-state index in [4.69, 9.17) is 14.2 Å². The normalized spacial score (nSPS) is 38.6. The Bertz CT molecular complexity index is 495. The number of hydrogen-bond donors (Lipinski definition) is 0. The molecular weight excluding hydrogens is 284 g/mol. The number of hydrogen-bond acceptors (Lipinski definition) is 5. The molecule has 2 atom stereocenters. The van der Waals surface area contributed by atoms with Crippen molar-refractivity contribution in [3.05, 3.63) is 12.2 Å². The molecule has 0 aromatic rings. The van der Waals surface area contributed by atoms with Crippen LogP contribution in [0.15, 0.2) is 12.2 Å². The van der Waals surface area contributed by atoms with Crippen LogP contribution in [0.4, 0.5) is 0 Å². The summed E-state index contributed by atoms with van der Waals surface area (Å²) in [5, 5.41) is 0. The predicted octanol–water partition coefficient (Wildman–Crippen LogP) is 2.59. The number of methoxy groups -OCH3 is 1. The van der Waals surface area contributed by atoms with Crippen LogP contribution >= 0.6 is 0 Å². The fraction of sp³-hybridized carbons (Fsp3) is 0.765. The fourth-order valence-corrected chi connectivity index (χ4v) is 5.09. The molecule has 4 rings (SSSR count). The number of ether oxygens (including phenoxy) is 3. The quantitative estimate of drug-likeness (QED) is 0.444. The van der Waals surface area contributed by atoms with Crippen molar-refractivity contribution in [3.63, 3.8) is 0 Å². The van der Waals surface area contributed by atoms with Crippen LogP contribution in [0.25, 0.3) is 0 Å². The van der Waals surface area contributed by atoms with E-state index < -0.39 is 11.0 Å². The Morgan fingerprint density at radius 3 is 2.36 bits per heavy atom. The van der Waals surface area contributed by atoms with Gasteiger partial charge < -0.3 is 14.2 Å². The summed E-state index contributed by atoms with van der Waals surface area (Å²) in [4.78, 5) is 24.6. The standard InChI is InChI=1S/C17H24O5/c1-11(2)14(18)22-17-7-12-4-13(8-17)6-16(5-12,9-17)15(19)21-10-20-3/h12-13H,1,4-10H2,2-3H3. The Hall–Kier alpha value is -1.36. The van der Waals surface area contributed by atoms with Crippen LogP contribution in [0, 0.1) is 17.3 Å². The third-order valence-corrected chi connectivity index (χ3v) is 5.41. The smallest absolute Gasteiger partial charge is 0.333 e. The van der Waals surface area contributed by atoms with Gasteiger partial charge in [0.05, 0.1) is 5.41 Å². The summed E-state index contributed by atoms with van der Waals surface area (Å²) in [5.41, 5.74) is -0.601. The first-order chi connectivity index (χ1) is 10.4. The monoisotopic (exact) mass is 308 g/mol. The number of rotatable bonds is 5. The Labute approximate surface area is 131 Å². The van der Waals surface area contributed by atoms with E-state index in [0.29, 0.717) is 23.8 Å². The first-order valence-electron chi connectivity index (χ1n) is 7.93. The van der Waals surface area contributed by atoms with Gasteiger partial charge in [0.15, 0.2) is 6.79 Å². The van der Waals surface area contributed by atoms with Gasteiger partial charge in [-0.05, 0) is 50.9 Å². The van der Waals surface area contributed by atoms with E-state index in [0.717, 1.165) is 32.1 Å². The molecule has 0 spiro atoms. The second-order valence-electron chi connectivity index (χ2n) is 7.43. The number of esters is 2. The van der Waals surface area contributed by atoms with Gasteiger partial charge in [0.25, 0.3) is 0 Å². The second kappa shape index (κ2) is 5.37. The lowest BCUT2D eigenvalue weighted by Gasteiger charge is -2.59. The molecule has 4 aliphatic rings. The maximum Gasteiger partial charge on any atom is 0.333 e. The van der Waals surface area contributed by atoms with Crippen LogP contribution in [-0.2, 0) is 23.8 Å². The van der Waals surface area contributed by atoms with Crippen molar-refractivity contribution in [2.45, 2.75) is 51.0 Å². The first-order valence-corrected chi connectivity index (χ1v) is 7.93. The molecule has 5 heteroatoms. The molecule has 4 fully saturated rings. The minimum absolute atomic E-state index is 0.0194. The fourth-order valence-electron chi connectivity index (χ4n) is 5.09. The van der Waals surface area contributed by atoms with Crippen LogP contribution in [-0.4, -0.2) is 31.4 Å². The molecular formula is C17H24O5. The second-order valence-corrected chi connectivity index (χ2v) is 7.43. The predicted molar refractivity (Wildman–Crippen MR) is 78.7 cm³/mol. The highest BCUT2D eigenvalue weighted by Gasteiger charge is 2.63. The Balaban J connectivity index is 1.82. The first kappa shape index (κ1) is 15.5. The van der Waals surface area contributed by atoms with Crippen molar-refractivity contribution in [2.24, 2.45) is 17.3 Å². The number of carbonyl (C=O) groups is 2. The maximum absolute atomic E-state index is 12.6. The highest BCUT2D eigenvalue weighted by molar-refractivity contribution is 5.87. The zero-order valence-electron chi connectivity index (χ0n) is 13.4. The molecule has 4 aliphatic carbocycles. The third kappa shape index (κ3) is 2.56. The number of carbonyl (C=O) groups excluding carboxylic acids is 2. The zero-order valence-corrected chi connectivity index (χ0v) is 13.4. The van der Waals surface area contributed by atoms with E-state index in [1.54, 1.807) is 6.92 Å². The highest BCUT2D eigenvalue weighted by Crippen LogP contribution is 2.63. The average molecular weight is 308 g/mol. The molecule has 0 radical (unpaired) electrons. The van der Waals surface area contributed by atoms with Gasteiger partial charge in [-0.3, -0.25) is 4.79 Å². The highest BCUT2D eigenvalue weighted by atomic mass is 16.7. The van der Waals surface area contributed by atoms with Gasteiger partial charge in [-0.1, -0.05) is 6.58 Å². The van der Waals surface area contributed by atoms with Gasteiger partial charge in [-0.25, -0.2) is 4.79 Å². The van der Waals surface area contributed by atoms with Crippen LogP contribution in [0.2, 0.25) is 0 Å². The van der Waals surface area contributed by atoms with Crippen molar-refractivity contribution in [2.75, 3.05) is 13.9 Å². The molecule has 5 nitrogen and oxygen atoms in total. The third-order valence-electron chi connectivity index (χ3n) is 5.41. The summed E-state index contributed by atoms with van der Waals surface area (Å²) >= 11 is 0. The van der Waals surface area contributed by atoms with Gasteiger partial charge in [-0.2, -0.15) is 0 Å². The van der Waals surface area contributed by atoms with Crippen molar-refractivity contribution in [1.82, 2.24) is 0 Å². The summed E-state index contributed by atoms with van der Waals surface area (Å²) in [5.74, 6) is 0.338. The van der Waals surface area contributed by atoms with E-state index >= 15 is 0 Å². The lowest BCUT2D eigenvalue weighted by molar-refractivity contribution is -0.214. The molecule has 2 unspecified atom stereocenters. The van der Waals surface area contributed by atoms with Gasteiger partial charge in [0.1, 0.15) is 5.60 Å². The molecule has 122 valence electrons. The Morgan fingerprint density at radius 1 is 1.18 bits per heavy atom. The van der Waals surface area contributed by atoms with Gasteiger partial charge >= 0.3 is 11.9 Å². The van der Waals surface area contributed by atoms with E-state index in [1.165, 1.54) is 7.11 Å². The van der Waals surface area contributed by atoms with Crippen molar-refractivity contribution >= 4 is 11.9 Å². The summed E-state index contributed by atoms with van der Waals surface area (Å²) < 4.78 is 15.9. The van der Waals surface area contributed by atoms with E-state index in [-0.39, 0.29) is 18.7 Å². The van der Waals surface area contributed by atoms with Crippen LogP contribution < -0.4 is 0 Å². The molecule has 0 N–H and O–H groups in total. The van der Waals surface area contributed by atoms with Crippen molar-refractivity contribution < 1.29 is 23.8 Å².